The Bertz CT molecular complexity index is 775. The number of carbonyl (C=O) groups excluding carboxylic acids is 1. The topological polar surface area (TPSA) is 97.6 Å². The Morgan fingerprint density at radius 2 is 2.00 bits per heavy atom. The molecule has 0 bridgehead atoms. The van der Waals surface area contributed by atoms with Crippen LogP contribution in [0.2, 0.25) is 0 Å². The Balaban J connectivity index is 1.75. The smallest absolute Gasteiger partial charge is 0.273 e. The lowest BCUT2D eigenvalue weighted by molar-refractivity contribution is -0.385. The molecular weight excluding hydrogens is 324 g/mol. The number of anilines is 2. The average Bonchev–Trinajstić information content (AvgIpc) is 2.63. The predicted octanol–water partition coefficient (Wildman–Crippen LogP) is 2.01. The molecule has 0 radical (unpaired) electrons. The minimum atomic E-state index is -0.480. The molecule has 0 atom stereocenters. The van der Waals surface area contributed by atoms with E-state index in [0.29, 0.717) is 43.4 Å². The zero-order valence-corrected chi connectivity index (χ0v) is 13.6. The Labute approximate surface area is 144 Å². The quantitative estimate of drug-likeness (QED) is 0.659. The molecule has 8 heteroatoms. The zero-order valence-electron chi connectivity index (χ0n) is 13.6. The number of morpholine rings is 1. The number of hydrogen-bond donors (Lipinski definition) is 1. The van der Waals surface area contributed by atoms with Gasteiger partial charge in [-0.2, -0.15) is 0 Å². The van der Waals surface area contributed by atoms with Crippen LogP contribution in [0.1, 0.15) is 5.56 Å². The highest BCUT2D eigenvalue weighted by atomic mass is 16.6. The van der Waals surface area contributed by atoms with Crippen molar-refractivity contribution in [2.75, 3.05) is 36.5 Å². The Hall–Kier alpha value is -3.00. The summed E-state index contributed by atoms with van der Waals surface area (Å²) in [5.41, 5.74) is 0.909. The molecule has 1 saturated heterocycles. The molecule has 0 spiro atoms. The van der Waals surface area contributed by atoms with Gasteiger partial charge >= 0.3 is 0 Å². The van der Waals surface area contributed by atoms with Gasteiger partial charge in [-0.15, -0.1) is 0 Å². The number of rotatable bonds is 5. The van der Waals surface area contributed by atoms with Crippen LogP contribution in [0.15, 0.2) is 42.6 Å². The van der Waals surface area contributed by atoms with Crippen molar-refractivity contribution >= 4 is 23.1 Å². The molecule has 0 unspecified atom stereocenters. The van der Waals surface area contributed by atoms with Crippen molar-refractivity contribution in [3.8, 4) is 0 Å². The van der Waals surface area contributed by atoms with Gasteiger partial charge in [0.25, 0.3) is 5.69 Å². The standard InChI is InChI=1S/C17H18N4O4/c22-16(12-13-4-1-2-6-15(13)21(23)24)19-14-5-3-7-18-17(14)20-8-10-25-11-9-20/h1-7H,8-12H2,(H,19,22). The van der Waals surface area contributed by atoms with E-state index in [-0.39, 0.29) is 18.0 Å². The largest absolute Gasteiger partial charge is 0.378 e. The van der Waals surface area contributed by atoms with E-state index in [2.05, 4.69) is 10.3 Å². The van der Waals surface area contributed by atoms with Crippen LogP contribution < -0.4 is 10.2 Å². The van der Waals surface area contributed by atoms with Gasteiger partial charge in [-0.1, -0.05) is 18.2 Å². The fourth-order valence-electron chi connectivity index (χ4n) is 2.73. The molecule has 1 fully saturated rings. The normalized spacial score (nSPS) is 14.2. The van der Waals surface area contributed by atoms with Crippen molar-refractivity contribution in [1.82, 2.24) is 4.98 Å². The van der Waals surface area contributed by atoms with Gasteiger partial charge in [0.05, 0.1) is 30.2 Å². The van der Waals surface area contributed by atoms with Crippen LogP contribution in [0.5, 0.6) is 0 Å². The van der Waals surface area contributed by atoms with Gasteiger partial charge in [-0.05, 0) is 12.1 Å². The third-order valence-corrected chi connectivity index (χ3v) is 3.91. The van der Waals surface area contributed by atoms with Crippen molar-refractivity contribution in [2.45, 2.75) is 6.42 Å². The van der Waals surface area contributed by atoms with E-state index in [1.54, 1.807) is 36.5 Å². The first-order valence-corrected chi connectivity index (χ1v) is 7.95. The van der Waals surface area contributed by atoms with E-state index in [1.807, 2.05) is 4.90 Å². The highest BCUT2D eigenvalue weighted by Gasteiger charge is 2.19. The van der Waals surface area contributed by atoms with Crippen molar-refractivity contribution in [2.24, 2.45) is 0 Å². The number of aromatic nitrogens is 1. The number of benzene rings is 1. The monoisotopic (exact) mass is 342 g/mol. The van der Waals surface area contributed by atoms with E-state index in [1.165, 1.54) is 6.07 Å². The van der Waals surface area contributed by atoms with Gasteiger partial charge in [0.15, 0.2) is 5.82 Å². The lowest BCUT2D eigenvalue weighted by Crippen LogP contribution is -2.37. The van der Waals surface area contributed by atoms with Gasteiger partial charge in [-0.3, -0.25) is 14.9 Å². The summed E-state index contributed by atoms with van der Waals surface area (Å²) in [6.07, 6.45) is 1.59. The maximum Gasteiger partial charge on any atom is 0.273 e. The summed E-state index contributed by atoms with van der Waals surface area (Å²) in [6.45, 7) is 2.62. The van der Waals surface area contributed by atoms with Crippen LogP contribution in [-0.4, -0.2) is 42.1 Å². The molecule has 1 amide bonds. The van der Waals surface area contributed by atoms with E-state index >= 15 is 0 Å². The molecule has 0 aliphatic carbocycles. The number of amides is 1. The van der Waals surface area contributed by atoms with Crippen LogP contribution in [0.4, 0.5) is 17.2 Å². The summed E-state index contributed by atoms with van der Waals surface area (Å²) >= 11 is 0. The molecule has 1 aliphatic heterocycles. The first-order valence-electron chi connectivity index (χ1n) is 7.95. The maximum atomic E-state index is 12.4. The molecule has 2 aromatic rings. The molecule has 25 heavy (non-hydrogen) atoms. The summed E-state index contributed by atoms with van der Waals surface area (Å²) in [6, 6.07) is 9.76. The van der Waals surface area contributed by atoms with E-state index in [0.717, 1.165) is 0 Å². The zero-order chi connectivity index (χ0) is 17.6. The van der Waals surface area contributed by atoms with Crippen molar-refractivity contribution in [3.05, 3.63) is 58.3 Å². The van der Waals surface area contributed by atoms with Crippen LogP contribution in [0.25, 0.3) is 0 Å². The van der Waals surface area contributed by atoms with Crippen molar-refractivity contribution < 1.29 is 14.5 Å². The average molecular weight is 342 g/mol. The molecule has 2 heterocycles. The number of pyridine rings is 1. The fraction of sp³-hybridized carbons (Fsp3) is 0.294. The van der Waals surface area contributed by atoms with Gasteiger partial charge in [0, 0.05) is 30.9 Å². The molecule has 8 nitrogen and oxygen atoms in total. The van der Waals surface area contributed by atoms with Crippen LogP contribution in [0.3, 0.4) is 0 Å². The summed E-state index contributed by atoms with van der Waals surface area (Å²) < 4.78 is 5.34. The van der Waals surface area contributed by atoms with E-state index in [9.17, 15) is 14.9 Å². The second kappa shape index (κ2) is 7.71. The predicted molar refractivity (Wildman–Crippen MR) is 92.7 cm³/mol. The molecule has 1 N–H and O–H groups in total. The third kappa shape index (κ3) is 4.10. The van der Waals surface area contributed by atoms with E-state index in [4.69, 9.17) is 4.74 Å². The molecule has 0 saturated carbocycles. The maximum absolute atomic E-state index is 12.4. The summed E-state index contributed by atoms with van der Waals surface area (Å²) in [5.74, 6) is 0.360. The third-order valence-electron chi connectivity index (χ3n) is 3.91. The number of ether oxygens (including phenoxy) is 1. The van der Waals surface area contributed by atoms with Crippen LogP contribution >= 0.6 is 0 Å². The second-order valence-corrected chi connectivity index (χ2v) is 5.58. The summed E-state index contributed by atoms with van der Waals surface area (Å²) in [7, 11) is 0. The minimum absolute atomic E-state index is 0.0581. The minimum Gasteiger partial charge on any atom is -0.378 e. The fourth-order valence-corrected chi connectivity index (χ4v) is 2.73. The molecule has 1 aromatic carbocycles. The number of nitro benzene ring substituents is 1. The van der Waals surface area contributed by atoms with Gasteiger partial charge in [0.1, 0.15) is 0 Å². The first kappa shape index (κ1) is 16.8. The lowest BCUT2D eigenvalue weighted by Gasteiger charge is -2.29. The van der Waals surface area contributed by atoms with E-state index < -0.39 is 4.92 Å². The van der Waals surface area contributed by atoms with Gasteiger partial charge in [0.2, 0.25) is 5.91 Å². The molecule has 130 valence electrons. The number of hydrogen-bond acceptors (Lipinski definition) is 6. The first-order chi connectivity index (χ1) is 12.1. The highest BCUT2D eigenvalue weighted by molar-refractivity contribution is 5.95. The number of nitro groups is 1. The Kier molecular flexibility index (Phi) is 5.20. The number of nitrogens with one attached hydrogen (secondary N) is 1. The van der Waals surface area contributed by atoms with Crippen LogP contribution in [-0.2, 0) is 16.0 Å². The second-order valence-electron chi connectivity index (χ2n) is 5.58. The number of para-hydroxylation sites is 1. The molecular formula is C17H18N4O4. The molecule has 1 aliphatic rings. The van der Waals surface area contributed by atoms with Crippen molar-refractivity contribution in [3.63, 3.8) is 0 Å². The SMILES string of the molecule is O=C(Cc1ccccc1[N+](=O)[O-])Nc1cccnc1N1CCOCC1. The Morgan fingerprint density at radius 1 is 1.24 bits per heavy atom. The van der Waals surface area contributed by atoms with Crippen molar-refractivity contribution in [1.29, 1.82) is 0 Å². The number of nitrogens with zero attached hydrogens (tertiary/aromatic N) is 3. The summed E-state index contributed by atoms with van der Waals surface area (Å²) in [4.78, 5) is 29.4. The summed E-state index contributed by atoms with van der Waals surface area (Å²) in [5, 5.41) is 13.9. The van der Waals surface area contributed by atoms with Gasteiger partial charge < -0.3 is 15.0 Å². The van der Waals surface area contributed by atoms with Gasteiger partial charge in [-0.25, -0.2) is 4.98 Å². The highest BCUT2D eigenvalue weighted by Crippen LogP contribution is 2.24. The lowest BCUT2D eigenvalue weighted by atomic mass is 10.1. The van der Waals surface area contributed by atoms with Crippen LogP contribution in [0, 0.1) is 10.1 Å². The number of carbonyl (C=O) groups is 1. The Morgan fingerprint density at radius 3 is 2.76 bits per heavy atom. The molecule has 3 rings (SSSR count). The molecule has 1 aromatic heterocycles.